The first-order valence-corrected chi connectivity index (χ1v) is 6.33. The number of hydrogen-bond acceptors (Lipinski definition) is 3. The number of imidazole rings is 1. The lowest BCUT2D eigenvalue weighted by Gasteiger charge is -2.02. The summed E-state index contributed by atoms with van der Waals surface area (Å²) in [5.74, 6) is -0.109. The van der Waals surface area contributed by atoms with Crippen LogP contribution in [0.5, 0.6) is 0 Å². The Morgan fingerprint density at radius 2 is 2.11 bits per heavy atom. The van der Waals surface area contributed by atoms with E-state index in [1.807, 2.05) is 30.5 Å². The molecule has 3 rings (SSSR count). The van der Waals surface area contributed by atoms with Crippen molar-refractivity contribution >= 4 is 27.6 Å². The molecular formula is C13H9BrN4O. The molecule has 0 aliphatic carbocycles. The van der Waals surface area contributed by atoms with Crippen molar-refractivity contribution in [2.24, 2.45) is 5.73 Å². The van der Waals surface area contributed by atoms with Crippen LogP contribution in [0.4, 0.5) is 0 Å². The number of amides is 1. The zero-order valence-electron chi connectivity index (χ0n) is 9.75. The molecule has 0 atom stereocenters. The number of nitrogens with two attached hydrogens (primary N) is 1. The van der Waals surface area contributed by atoms with Gasteiger partial charge in [-0.3, -0.25) is 9.20 Å². The Balaban J connectivity index is 2.13. The molecule has 0 saturated carbocycles. The summed E-state index contributed by atoms with van der Waals surface area (Å²) in [6, 6.07) is 7.89. The Kier molecular flexibility index (Phi) is 2.79. The summed E-state index contributed by atoms with van der Waals surface area (Å²) >= 11 is 3.43. The summed E-state index contributed by atoms with van der Waals surface area (Å²) in [4.78, 5) is 19.3. The summed E-state index contributed by atoms with van der Waals surface area (Å²) in [7, 11) is 0. The van der Waals surface area contributed by atoms with E-state index in [1.165, 1.54) is 0 Å². The van der Waals surface area contributed by atoms with Crippen molar-refractivity contribution in [2.75, 3.05) is 0 Å². The third kappa shape index (κ3) is 2.22. The van der Waals surface area contributed by atoms with Crippen LogP contribution in [0.1, 0.15) is 10.5 Å². The molecule has 1 amide bonds. The molecule has 19 heavy (non-hydrogen) atoms. The van der Waals surface area contributed by atoms with Gasteiger partial charge in [0.1, 0.15) is 5.69 Å². The molecule has 5 nitrogen and oxygen atoms in total. The third-order valence-electron chi connectivity index (χ3n) is 2.72. The summed E-state index contributed by atoms with van der Waals surface area (Å²) in [5.41, 5.74) is 7.36. The van der Waals surface area contributed by atoms with Crippen molar-refractivity contribution < 1.29 is 4.79 Å². The van der Waals surface area contributed by atoms with Gasteiger partial charge in [-0.1, -0.05) is 28.1 Å². The van der Waals surface area contributed by atoms with Gasteiger partial charge in [0.25, 0.3) is 5.91 Å². The Labute approximate surface area is 117 Å². The van der Waals surface area contributed by atoms with Crippen LogP contribution in [0.3, 0.4) is 0 Å². The number of rotatable bonds is 2. The monoisotopic (exact) mass is 316 g/mol. The molecule has 0 aliphatic heterocycles. The Hall–Kier alpha value is -2.21. The van der Waals surface area contributed by atoms with Crippen molar-refractivity contribution in [2.45, 2.75) is 0 Å². The lowest BCUT2D eigenvalue weighted by Crippen LogP contribution is -2.10. The number of halogens is 1. The number of hydrogen-bond donors (Lipinski definition) is 1. The van der Waals surface area contributed by atoms with Crippen LogP contribution >= 0.6 is 15.9 Å². The molecule has 0 radical (unpaired) electrons. The first kappa shape index (κ1) is 11.9. The van der Waals surface area contributed by atoms with Gasteiger partial charge in [0, 0.05) is 28.6 Å². The maximum Gasteiger partial charge on any atom is 0.268 e. The van der Waals surface area contributed by atoms with Crippen LogP contribution in [0, 0.1) is 0 Å². The van der Waals surface area contributed by atoms with E-state index in [4.69, 9.17) is 5.73 Å². The Morgan fingerprint density at radius 1 is 1.26 bits per heavy atom. The number of carbonyl (C=O) groups excluding carboxylic acids is 1. The van der Waals surface area contributed by atoms with Gasteiger partial charge in [0.15, 0.2) is 0 Å². The fraction of sp³-hybridized carbons (Fsp3) is 0. The number of fused-ring (bicyclic) bond motifs is 1. The molecule has 3 aromatic rings. The molecule has 0 unspecified atom stereocenters. The van der Waals surface area contributed by atoms with Gasteiger partial charge in [-0.05, 0) is 17.7 Å². The molecule has 2 N–H and O–H groups in total. The predicted octanol–water partition coefficient (Wildman–Crippen LogP) is 2.26. The summed E-state index contributed by atoms with van der Waals surface area (Å²) < 4.78 is 2.68. The van der Waals surface area contributed by atoms with Crippen molar-refractivity contribution in [1.29, 1.82) is 0 Å². The highest BCUT2D eigenvalue weighted by molar-refractivity contribution is 9.10. The van der Waals surface area contributed by atoms with Crippen LogP contribution in [0.15, 0.2) is 47.3 Å². The molecule has 1 aromatic carbocycles. The minimum atomic E-state index is -0.561. The lowest BCUT2D eigenvalue weighted by molar-refractivity contribution is 0.0996. The Bertz CT molecular complexity index is 781. The highest BCUT2D eigenvalue weighted by atomic mass is 79.9. The predicted molar refractivity (Wildman–Crippen MR) is 74.6 cm³/mol. The SMILES string of the molecule is NC(=O)c1cn2cc(-c3cccc(Br)c3)cnc2n1. The first-order chi connectivity index (χ1) is 9.13. The zero-order valence-corrected chi connectivity index (χ0v) is 11.3. The van der Waals surface area contributed by atoms with E-state index in [2.05, 4.69) is 25.9 Å². The van der Waals surface area contributed by atoms with E-state index in [0.717, 1.165) is 15.6 Å². The van der Waals surface area contributed by atoms with E-state index in [0.29, 0.717) is 5.78 Å². The molecule has 0 bridgehead atoms. The molecule has 6 heteroatoms. The highest BCUT2D eigenvalue weighted by Crippen LogP contribution is 2.22. The summed E-state index contributed by atoms with van der Waals surface area (Å²) in [5, 5.41) is 0. The van der Waals surface area contributed by atoms with Gasteiger partial charge >= 0.3 is 0 Å². The van der Waals surface area contributed by atoms with E-state index in [-0.39, 0.29) is 5.69 Å². The van der Waals surface area contributed by atoms with E-state index in [9.17, 15) is 4.79 Å². The molecule has 0 saturated heterocycles. The largest absolute Gasteiger partial charge is 0.364 e. The van der Waals surface area contributed by atoms with E-state index >= 15 is 0 Å². The van der Waals surface area contributed by atoms with Crippen molar-refractivity contribution in [3.05, 3.63) is 53.0 Å². The van der Waals surface area contributed by atoms with Crippen LogP contribution in [0.2, 0.25) is 0 Å². The third-order valence-corrected chi connectivity index (χ3v) is 3.21. The topological polar surface area (TPSA) is 73.3 Å². The number of carbonyl (C=O) groups is 1. The maximum absolute atomic E-state index is 11.1. The summed E-state index contributed by atoms with van der Waals surface area (Å²) in [6.07, 6.45) is 5.16. The number of primary amides is 1. The van der Waals surface area contributed by atoms with Crippen molar-refractivity contribution in [3.63, 3.8) is 0 Å². The molecule has 0 fully saturated rings. The Morgan fingerprint density at radius 3 is 2.84 bits per heavy atom. The lowest BCUT2D eigenvalue weighted by atomic mass is 10.1. The molecule has 0 spiro atoms. The zero-order chi connectivity index (χ0) is 13.4. The number of aromatic nitrogens is 3. The molecule has 94 valence electrons. The smallest absolute Gasteiger partial charge is 0.268 e. The van der Waals surface area contributed by atoms with E-state index < -0.39 is 5.91 Å². The van der Waals surface area contributed by atoms with Crippen LogP contribution in [0.25, 0.3) is 16.9 Å². The van der Waals surface area contributed by atoms with Crippen LogP contribution in [-0.4, -0.2) is 20.3 Å². The second-order valence-electron chi connectivity index (χ2n) is 4.05. The number of nitrogens with zero attached hydrogens (tertiary/aromatic N) is 3. The minimum absolute atomic E-state index is 0.207. The number of benzene rings is 1. The minimum Gasteiger partial charge on any atom is -0.364 e. The van der Waals surface area contributed by atoms with Gasteiger partial charge < -0.3 is 5.73 Å². The van der Waals surface area contributed by atoms with Crippen molar-refractivity contribution in [3.8, 4) is 11.1 Å². The van der Waals surface area contributed by atoms with Gasteiger partial charge in [-0.25, -0.2) is 9.97 Å². The molecule has 2 aromatic heterocycles. The average Bonchev–Trinajstić information content (AvgIpc) is 2.81. The van der Waals surface area contributed by atoms with Crippen LogP contribution in [-0.2, 0) is 0 Å². The van der Waals surface area contributed by atoms with Crippen LogP contribution < -0.4 is 5.73 Å². The molecular weight excluding hydrogens is 308 g/mol. The van der Waals surface area contributed by atoms with Gasteiger partial charge in [-0.15, -0.1) is 0 Å². The van der Waals surface area contributed by atoms with Gasteiger partial charge in [0.05, 0.1) is 0 Å². The standard InChI is InChI=1S/C13H9BrN4O/c14-10-3-1-2-8(4-10)9-5-16-13-17-11(12(15)19)7-18(13)6-9/h1-7H,(H2,15,19). The highest BCUT2D eigenvalue weighted by Gasteiger charge is 2.08. The van der Waals surface area contributed by atoms with Gasteiger partial charge in [0.2, 0.25) is 5.78 Å². The first-order valence-electron chi connectivity index (χ1n) is 5.54. The molecule has 0 aliphatic rings. The fourth-order valence-corrected chi connectivity index (χ4v) is 2.22. The second kappa shape index (κ2) is 4.47. The average molecular weight is 317 g/mol. The second-order valence-corrected chi connectivity index (χ2v) is 4.97. The maximum atomic E-state index is 11.1. The quantitative estimate of drug-likeness (QED) is 0.788. The normalized spacial score (nSPS) is 10.8. The fourth-order valence-electron chi connectivity index (χ4n) is 1.82. The van der Waals surface area contributed by atoms with Crippen molar-refractivity contribution in [1.82, 2.24) is 14.4 Å². The molecule has 2 heterocycles. The van der Waals surface area contributed by atoms with Gasteiger partial charge in [-0.2, -0.15) is 0 Å². The summed E-state index contributed by atoms with van der Waals surface area (Å²) in [6.45, 7) is 0. The van der Waals surface area contributed by atoms with E-state index in [1.54, 1.807) is 16.8 Å².